The van der Waals surface area contributed by atoms with Crippen molar-refractivity contribution in [3.8, 4) is 5.75 Å². The highest BCUT2D eigenvalue weighted by atomic mass is 16.3. The maximum absolute atomic E-state index is 12.5. The third-order valence-electron chi connectivity index (χ3n) is 6.10. The number of imide groups is 1. The van der Waals surface area contributed by atoms with Crippen LogP contribution in [0, 0.1) is 5.92 Å². The summed E-state index contributed by atoms with van der Waals surface area (Å²) < 4.78 is 0. The van der Waals surface area contributed by atoms with Crippen LogP contribution in [0.4, 0.5) is 5.69 Å². The summed E-state index contributed by atoms with van der Waals surface area (Å²) in [5.41, 5.74) is 1.44. The Kier molecular flexibility index (Phi) is 6.32. The highest BCUT2D eigenvalue weighted by molar-refractivity contribution is 6.21. The van der Waals surface area contributed by atoms with Gasteiger partial charge >= 0.3 is 0 Å². The first-order chi connectivity index (χ1) is 15.0. The molecule has 2 aliphatic heterocycles. The van der Waals surface area contributed by atoms with E-state index in [1.165, 1.54) is 4.90 Å². The van der Waals surface area contributed by atoms with Crippen LogP contribution >= 0.6 is 0 Å². The van der Waals surface area contributed by atoms with Crippen LogP contribution in [-0.2, 0) is 4.79 Å². The van der Waals surface area contributed by atoms with Crippen LogP contribution in [0.25, 0.3) is 0 Å². The van der Waals surface area contributed by atoms with Crippen molar-refractivity contribution in [3.63, 3.8) is 0 Å². The number of para-hydroxylation sites is 2. The number of anilines is 1. The van der Waals surface area contributed by atoms with Crippen molar-refractivity contribution in [2.45, 2.75) is 25.7 Å². The molecule has 2 aromatic carbocycles. The lowest BCUT2D eigenvalue weighted by Gasteiger charge is -2.31. The average molecular weight is 421 g/mol. The van der Waals surface area contributed by atoms with Gasteiger partial charge in [0.2, 0.25) is 5.91 Å². The molecule has 0 aliphatic carbocycles. The lowest BCUT2D eigenvalue weighted by molar-refractivity contribution is -0.121. The Labute approximate surface area is 181 Å². The number of phenolic OH excluding ortho intramolecular Hbond substituents is 1. The topological polar surface area (TPSA) is 89.9 Å². The Hall–Kier alpha value is -3.19. The van der Waals surface area contributed by atoms with Gasteiger partial charge in [0, 0.05) is 12.5 Å². The van der Waals surface area contributed by atoms with E-state index < -0.39 is 0 Å². The quantitative estimate of drug-likeness (QED) is 0.407. The zero-order valence-corrected chi connectivity index (χ0v) is 17.4. The van der Waals surface area contributed by atoms with Crippen LogP contribution < -0.4 is 5.32 Å². The molecule has 2 heterocycles. The number of rotatable bonds is 7. The van der Waals surface area contributed by atoms with Gasteiger partial charge in [-0.3, -0.25) is 19.3 Å². The van der Waals surface area contributed by atoms with Crippen LogP contribution in [0.15, 0.2) is 48.5 Å². The van der Waals surface area contributed by atoms with Crippen molar-refractivity contribution >= 4 is 23.4 Å². The van der Waals surface area contributed by atoms with E-state index in [0.717, 1.165) is 45.3 Å². The minimum absolute atomic E-state index is 0.0493. The molecule has 1 saturated heterocycles. The molecule has 0 unspecified atom stereocenters. The van der Waals surface area contributed by atoms with Gasteiger partial charge in [-0.2, -0.15) is 0 Å². The lowest BCUT2D eigenvalue weighted by Crippen LogP contribution is -2.39. The molecule has 7 heteroatoms. The molecule has 0 atom stereocenters. The largest absolute Gasteiger partial charge is 0.506 e. The molecule has 2 aliphatic rings. The minimum atomic E-state index is -0.197. The summed E-state index contributed by atoms with van der Waals surface area (Å²) in [4.78, 5) is 40.9. The SMILES string of the molecule is O=C(Nc1ccccc1O)C1CCN(CCCCN2C(=O)c3ccccc3C2=O)CC1. The Morgan fingerprint density at radius 3 is 2.13 bits per heavy atom. The molecular formula is C24H27N3O4. The number of piperidine rings is 1. The molecule has 4 rings (SSSR count). The maximum atomic E-state index is 12.5. The number of carbonyl (C=O) groups is 3. The summed E-state index contributed by atoms with van der Waals surface area (Å²) in [5.74, 6) is -0.430. The van der Waals surface area contributed by atoms with Gasteiger partial charge < -0.3 is 15.3 Å². The molecule has 0 spiro atoms. The van der Waals surface area contributed by atoms with E-state index in [1.54, 1.807) is 48.5 Å². The highest BCUT2D eigenvalue weighted by Gasteiger charge is 2.34. The Bertz CT molecular complexity index is 947. The normalized spacial score (nSPS) is 17.1. The van der Waals surface area contributed by atoms with Crippen molar-refractivity contribution in [2.24, 2.45) is 5.92 Å². The first-order valence-corrected chi connectivity index (χ1v) is 10.8. The highest BCUT2D eigenvalue weighted by Crippen LogP contribution is 2.25. The second-order valence-corrected chi connectivity index (χ2v) is 8.14. The molecule has 2 aromatic rings. The maximum Gasteiger partial charge on any atom is 0.261 e. The molecule has 0 saturated carbocycles. The Balaban J connectivity index is 1.17. The van der Waals surface area contributed by atoms with Gasteiger partial charge in [0.1, 0.15) is 5.75 Å². The summed E-state index contributed by atoms with van der Waals surface area (Å²) >= 11 is 0. The molecule has 7 nitrogen and oxygen atoms in total. The van der Waals surface area contributed by atoms with Crippen LogP contribution in [0.5, 0.6) is 5.75 Å². The number of benzene rings is 2. The van der Waals surface area contributed by atoms with Crippen molar-refractivity contribution in [3.05, 3.63) is 59.7 Å². The van der Waals surface area contributed by atoms with E-state index in [2.05, 4.69) is 10.2 Å². The van der Waals surface area contributed by atoms with Crippen LogP contribution in [0.1, 0.15) is 46.4 Å². The summed E-state index contributed by atoms with van der Waals surface area (Å²) in [5, 5.41) is 12.6. The predicted octanol–water partition coefficient (Wildman–Crippen LogP) is 3.12. The molecule has 0 bridgehead atoms. The fraction of sp³-hybridized carbons (Fsp3) is 0.375. The van der Waals surface area contributed by atoms with Gasteiger partial charge in [-0.1, -0.05) is 24.3 Å². The summed E-state index contributed by atoms with van der Waals surface area (Å²) in [6, 6.07) is 13.7. The van der Waals surface area contributed by atoms with E-state index in [0.29, 0.717) is 23.4 Å². The summed E-state index contributed by atoms with van der Waals surface area (Å²) in [6.07, 6.45) is 3.21. The van der Waals surface area contributed by atoms with Crippen molar-refractivity contribution < 1.29 is 19.5 Å². The van der Waals surface area contributed by atoms with Gasteiger partial charge in [0.15, 0.2) is 0 Å². The number of carbonyl (C=O) groups excluding carboxylic acids is 3. The molecule has 3 amide bonds. The number of hydrogen-bond donors (Lipinski definition) is 2. The predicted molar refractivity (Wildman–Crippen MR) is 117 cm³/mol. The number of nitrogens with zero attached hydrogens (tertiary/aromatic N) is 2. The summed E-state index contributed by atoms with van der Waals surface area (Å²) in [7, 11) is 0. The van der Waals surface area contributed by atoms with Gasteiger partial charge in [0.05, 0.1) is 16.8 Å². The zero-order chi connectivity index (χ0) is 21.8. The van der Waals surface area contributed by atoms with E-state index >= 15 is 0 Å². The van der Waals surface area contributed by atoms with Gasteiger partial charge in [-0.25, -0.2) is 0 Å². The standard InChI is InChI=1S/C24H27N3O4/c28-21-10-4-3-9-20(21)25-22(29)17-11-15-26(16-12-17)13-5-6-14-27-23(30)18-7-1-2-8-19(18)24(27)31/h1-4,7-10,17,28H,5-6,11-16H2,(H,25,29). The lowest BCUT2D eigenvalue weighted by atomic mass is 9.95. The van der Waals surface area contributed by atoms with E-state index in [4.69, 9.17) is 0 Å². The first-order valence-electron chi connectivity index (χ1n) is 10.8. The molecule has 0 aromatic heterocycles. The van der Waals surface area contributed by atoms with Crippen molar-refractivity contribution in [2.75, 3.05) is 31.5 Å². The van der Waals surface area contributed by atoms with E-state index in [9.17, 15) is 19.5 Å². The van der Waals surface area contributed by atoms with E-state index in [-0.39, 0.29) is 29.4 Å². The minimum Gasteiger partial charge on any atom is -0.506 e. The Morgan fingerprint density at radius 2 is 1.48 bits per heavy atom. The second kappa shape index (κ2) is 9.31. The van der Waals surface area contributed by atoms with Crippen LogP contribution in [0.2, 0.25) is 0 Å². The van der Waals surface area contributed by atoms with Crippen molar-refractivity contribution in [1.82, 2.24) is 9.80 Å². The summed E-state index contributed by atoms with van der Waals surface area (Å²) in [6.45, 7) is 3.00. The average Bonchev–Trinajstić information content (AvgIpc) is 3.03. The third-order valence-corrected chi connectivity index (χ3v) is 6.10. The Morgan fingerprint density at radius 1 is 0.903 bits per heavy atom. The van der Waals surface area contributed by atoms with Crippen LogP contribution in [-0.4, -0.2) is 58.8 Å². The number of hydrogen-bond acceptors (Lipinski definition) is 5. The smallest absolute Gasteiger partial charge is 0.261 e. The van der Waals surface area contributed by atoms with Gasteiger partial charge in [0.25, 0.3) is 11.8 Å². The molecule has 162 valence electrons. The number of unbranched alkanes of at least 4 members (excludes halogenated alkanes) is 1. The fourth-order valence-corrected chi connectivity index (χ4v) is 4.28. The third kappa shape index (κ3) is 4.61. The number of nitrogens with one attached hydrogen (secondary N) is 1. The molecule has 0 radical (unpaired) electrons. The number of amides is 3. The number of fused-ring (bicyclic) bond motifs is 1. The monoisotopic (exact) mass is 421 g/mol. The molecule has 31 heavy (non-hydrogen) atoms. The molecule has 2 N–H and O–H groups in total. The first kappa shape index (κ1) is 21.1. The fourth-order valence-electron chi connectivity index (χ4n) is 4.28. The number of phenols is 1. The number of aromatic hydroxyl groups is 1. The van der Waals surface area contributed by atoms with Gasteiger partial charge in [-0.15, -0.1) is 0 Å². The van der Waals surface area contributed by atoms with E-state index in [1.807, 2.05) is 0 Å². The molecule has 1 fully saturated rings. The zero-order valence-electron chi connectivity index (χ0n) is 17.4. The second-order valence-electron chi connectivity index (χ2n) is 8.14. The number of likely N-dealkylation sites (tertiary alicyclic amines) is 1. The van der Waals surface area contributed by atoms with Crippen molar-refractivity contribution in [1.29, 1.82) is 0 Å². The van der Waals surface area contributed by atoms with Crippen LogP contribution in [0.3, 0.4) is 0 Å². The molecular weight excluding hydrogens is 394 g/mol. The van der Waals surface area contributed by atoms with Gasteiger partial charge in [-0.05, 0) is 69.6 Å².